The predicted molar refractivity (Wildman–Crippen MR) is 88.6 cm³/mol. The molecule has 0 unspecified atom stereocenters. The minimum Gasteiger partial charge on any atom is -0.310 e. The highest BCUT2D eigenvalue weighted by Gasteiger charge is 2.21. The van der Waals surface area contributed by atoms with Gasteiger partial charge in [0.15, 0.2) is 0 Å². The number of hydrogen-bond donors (Lipinski definition) is 1. The molecule has 1 aliphatic heterocycles. The highest BCUT2D eigenvalue weighted by Crippen LogP contribution is 2.17. The molecule has 1 aliphatic rings. The Morgan fingerprint density at radius 2 is 2.23 bits per heavy atom. The van der Waals surface area contributed by atoms with Gasteiger partial charge in [-0.05, 0) is 34.5 Å². The summed E-state index contributed by atoms with van der Waals surface area (Å²) in [5.41, 5.74) is 2.79. The summed E-state index contributed by atoms with van der Waals surface area (Å²) >= 11 is 3.39. The lowest BCUT2D eigenvalue weighted by atomic mass is 10.1. The van der Waals surface area contributed by atoms with Gasteiger partial charge in [0.05, 0.1) is 17.0 Å². The number of aromatic amines is 1. The Morgan fingerprint density at radius 1 is 1.36 bits per heavy atom. The van der Waals surface area contributed by atoms with Crippen molar-refractivity contribution in [3.05, 3.63) is 55.9 Å². The maximum atomic E-state index is 12.3. The zero-order valence-electron chi connectivity index (χ0n) is 12.6. The van der Waals surface area contributed by atoms with Crippen molar-refractivity contribution < 1.29 is 0 Å². The standard InChI is InChI=1S/C16H19BrN4O/c1-2-4-15-19-13-7-8-21(10-12(13)16(22)20-15)9-11-5-3-6-14(17)18-11/h3,5-6H,2,4,7-10H2,1H3,(H,19,20,22). The summed E-state index contributed by atoms with van der Waals surface area (Å²) in [5.74, 6) is 0.813. The Kier molecular flexibility index (Phi) is 4.69. The Labute approximate surface area is 137 Å². The first-order valence-corrected chi connectivity index (χ1v) is 8.39. The third-order valence-corrected chi connectivity index (χ3v) is 4.28. The van der Waals surface area contributed by atoms with Crippen LogP contribution in [0.15, 0.2) is 27.6 Å². The van der Waals surface area contributed by atoms with Crippen LogP contribution in [0, 0.1) is 0 Å². The molecule has 0 bridgehead atoms. The molecule has 22 heavy (non-hydrogen) atoms. The number of hydrogen-bond acceptors (Lipinski definition) is 4. The molecule has 3 heterocycles. The number of nitrogens with one attached hydrogen (secondary N) is 1. The number of H-pyrrole nitrogens is 1. The van der Waals surface area contributed by atoms with Gasteiger partial charge in [0.1, 0.15) is 10.4 Å². The number of nitrogens with zero attached hydrogens (tertiary/aromatic N) is 3. The topological polar surface area (TPSA) is 61.9 Å². The van der Waals surface area contributed by atoms with Crippen molar-refractivity contribution in [3.8, 4) is 0 Å². The first kappa shape index (κ1) is 15.4. The molecule has 0 saturated heterocycles. The Morgan fingerprint density at radius 3 is 3.00 bits per heavy atom. The van der Waals surface area contributed by atoms with Crippen molar-refractivity contribution in [3.63, 3.8) is 0 Å². The van der Waals surface area contributed by atoms with E-state index in [0.717, 1.165) is 59.7 Å². The highest BCUT2D eigenvalue weighted by molar-refractivity contribution is 9.10. The molecular weight excluding hydrogens is 344 g/mol. The molecule has 0 aliphatic carbocycles. The second-order valence-electron chi connectivity index (χ2n) is 5.60. The molecule has 0 spiro atoms. The van der Waals surface area contributed by atoms with Gasteiger partial charge in [-0.2, -0.15) is 0 Å². The molecule has 5 nitrogen and oxygen atoms in total. The average molecular weight is 363 g/mol. The maximum Gasteiger partial charge on any atom is 0.255 e. The van der Waals surface area contributed by atoms with Crippen molar-refractivity contribution in [2.24, 2.45) is 0 Å². The SMILES string of the molecule is CCCc1nc2c(c(=O)[nH]1)CN(Cc1cccc(Br)n1)CC2. The van der Waals surface area contributed by atoms with Crippen LogP contribution in [0.2, 0.25) is 0 Å². The second kappa shape index (κ2) is 6.71. The fraction of sp³-hybridized carbons (Fsp3) is 0.438. The van der Waals surface area contributed by atoms with E-state index in [9.17, 15) is 4.79 Å². The molecule has 0 atom stereocenters. The van der Waals surface area contributed by atoms with Crippen LogP contribution < -0.4 is 5.56 Å². The number of fused-ring (bicyclic) bond motifs is 1. The third-order valence-electron chi connectivity index (χ3n) is 3.84. The molecule has 0 amide bonds. The van der Waals surface area contributed by atoms with E-state index in [4.69, 9.17) is 0 Å². The van der Waals surface area contributed by atoms with Crippen molar-refractivity contribution in [1.29, 1.82) is 0 Å². The van der Waals surface area contributed by atoms with E-state index >= 15 is 0 Å². The summed E-state index contributed by atoms with van der Waals surface area (Å²) in [6.07, 6.45) is 2.64. The molecule has 1 N–H and O–H groups in total. The van der Waals surface area contributed by atoms with Crippen LogP contribution in [-0.4, -0.2) is 26.4 Å². The first-order valence-electron chi connectivity index (χ1n) is 7.60. The molecule has 0 saturated carbocycles. The lowest BCUT2D eigenvalue weighted by molar-refractivity contribution is 0.238. The van der Waals surface area contributed by atoms with Crippen LogP contribution in [0.3, 0.4) is 0 Å². The van der Waals surface area contributed by atoms with Crippen LogP contribution in [0.5, 0.6) is 0 Å². The van der Waals surface area contributed by atoms with Gasteiger partial charge < -0.3 is 4.98 Å². The van der Waals surface area contributed by atoms with E-state index in [-0.39, 0.29) is 5.56 Å². The average Bonchev–Trinajstić information content (AvgIpc) is 2.48. The van der Waals surface area contributed by atoms with Gasteiger partial charge in [-0.3, -0.25) is 9.69 Å². The normalized spacial score (nSPS) is 14.8. The van der Waals surface area contributed by atoms with Crippen LogP contribution in [0.4, 0.5) is 0 Å². The minimum absolute atomic E-state index is 0.0142. The summed E-state index contributed by atoms with van der Waals surface area (Å²) in [6, 6.07) is 5.90. The van der Waals surface area contributed by atoms with Crippen molar-refractivity contribution in [1.82, 2.24) is 19.9 Å². The fourth-order valence-corrected chi connectivity index (χ4v) is 3.17. The molecule has 6 heteroatoms. The van der Waals surface area contributed by atoms with Crippen LogP contribution in [0.25, 0.3) is 0 Å². The fourth-order valence-electron chi connectivity index (χ4n) is 2.79. The molecular formula is C16H19BrN4O. The summed E-state index contributed by atoms with van der Waals surface area (Å²) in [6.45, 7) is 4.38. The van der Waals surface area contributed by atoms with Gasteiger partial charge in [-0.25, -0.2) is 9.97 Å². The van der Waals surface area contributed by atoms with Crippen LogP contribution in [-0.2, 0) is 25.9 Å². The molecule has 0 fully saturated rings. The number of rotatable bonds is 4. The predicted octanol–water partition coefficient (Wildman–Crippen LogP) is 2.44. The number of pyridine rings is 1. The van der Waals surface area contributed by atoms with E-state index < -0.39 is 0 Å². The number of aryl methyl sites for hydroxylation is 1. The lowest BCUT2D eigenvalue weighted by Crippen LogP contribution is -2.36. The van der Waals surface area contributed by atoms with Crippen molar-refractivity contribution in [2.45, 2.75) is 39.3 Å². The molecule has 0 aromatic carbocycles. The van der Waals surface area contributed by atoms with Crippen molar-refractivity contribution in [2.75, 3.05) is 6.54 Å². The summed E-state index contributed by atoms with van der Waals surface area (Å²) in [5, 5.41) is 0. The quantitative estimate of drug-likeness (QED) is 0.848. The maximum absolute atomic E-state index is 12.3. The molecule has 116 valence electrons. The Balaban J connectivity index is 1.78. The second-order valence-corrected chi connectivity index (χ2v) is 6.41. The summed E-state index contributed by atoms with van der Waals surface area (Å²) in [4.78, 5) is 26.5. The summed E-state index contributed by atoms with van der Waals surface area (Å²) in [7, 11) is 0. The van der Waals surface area contributed by atoms with E-state index in [0.29, 0.717) is 6.54 Å². The van der Waals surface area contributed by atoms with Crippen molar-refractivity contribution >= 4 is 15.9 Å². The Hall–Kier alpha value is -1.53. The van der Waals surface area contributed by atoms with Crippen LogP contribution in [0.1, 0.15) is 36.1 Å². The molecule has 0 radical (unpaired) electrons. The molecule has 2 aromatic rings. The minimum atomic E-state index is 0.0142. The van der Waals surface area contributed by atoms with E-state index in [1.807, 2.05) is 18.2 Å². The lowest BCUT2D eigenvalue weighted by Gasteiger charge is -2.27. The molecule has 2 aromatic heterocycles. The van der Waals surface area contributed by atoms with E-state index in [1.54, 1.807) is 0 Å². The zero-order chi connectivity index (χ0) is 15.5. The van der Waals surface area contributed by atoms with Gasteiger partial charge in [0.25, 0.3) is 5.56 Å². The van der Waals surface area contributed by atoms with Gasteiger partial charge >= 0.3 is 0 Å². The number of aromatic nitrogens is 3. The van der Waals surface area contributed by atoms with E-state index in [1.165, 1.54) is 0 Å². The Bertz CT molecular complexity index is 728. The van der Waals surface area contributed by atoms with Gasteiger partial charge in [0.2, 0.25) is 0 Å². The van der Waals surface area contributed by atoms with Gasteiger partial charge in [-0.15, -0.1) is 0 Å². The largest absolute Gasteiger partial charge is 0.310 e. The number of halogens is 1. The highest BCUT2D eigenvalue weighted by atomic mass is 79.9. The third kappa shape index (κ3) is 3.44. The first-order chi connectivity index (χ1) is 10.7. The molecule has 3 rings (SSSR count). The van der Waals surface area contributed by atoms with Gasteiger partial charge in [0, 0.05) is 32.5 Å². The van der Waals surface area contributed by atoms with Gasteiger partial charge in [-0.1, -0.05) is 13.0 Å². The van der Waals surface area contributed by atoms with Crippen LogP contribution >= 0.6 is 15.9 Å². The smallest absolute Gasteiger partial charge is 0.255 e. The monoisotopic (exact) mass is 362 g/mol. The zero-order valence-corrected chi connectivity index (χ0v) is 14.2. The van der Waals surface area contributed by atoms with E-state index in [2.05, 4.69) is 42.7 Å². The summed E-state index contributed by atoms with van der Waals surface area (Å²) < 4.78 is 0.839.